The Morgan fingerprint density at radius 3 is 2.71 bits per heavy atom. The molecular formula is C15H21FN4O. The number of rotatable bonds is 4. The number of carbonyl (C=O) groups excluding carboxylic acids is 1. The molecule has 1 aliphatic heterocycles. The zero-order valence-corrected chi connectivity index (χ0v) is 12.1. The average Bonchev–Trinajstić information content (AvgIpc) is 2.45. The van der Waals surface area contributed by atoms with Gasteiger partial charge in [0.1, 0.15) is 6.33 Å². The molecule has 21 heavy (non-hydrogen) atoms. The molecule has 5 nitrogen and oxygen atoms in total. The van der Waals surface area contributed by atoms with Gasteiger partial charge < -0.3 is 10.2 Å². The van der Waals surface area contributed by atoms with Crippen LogP contribution in [-0.4, -0.2) is 35.0 Å². The van der Waals surface area contributed by atoms with Gasteiger partial charge >= 0.3 is 0 Å². The Hall–Kier alpha value is -1.72. The van der Waals surface area contributed by atoms with Crippen molar-refractivity contribution in [3.63, 3.8) is 0 Å². The van der Waals surface area contributed by atoms with Gasteiger partial charge in [0.25, 0.3) is 0 Å². The second-order valence-electron chi connectivity index (χ2n) is 6.02. The van der Waals surface area contributed by atoms with Gasteiger partial charge in [0.15, 0.2) is 11.6 Å². The maximum atomic E-state index is 13.6. The zero-order valence-electron chi connectivity index (χ0n) is 12.1. The molecule has 1 saturated carbocycles. The number of carbonyl (C=O) groups is 1. The van der Waals surface area contributed by atoms with Crippen molar-refractivity contribution >= 4 is 11.7 Å². The predicted octanol–water partition coefficient (Wildman–Crippen LogP) is 1.89. The molecule has 1 N–H and O–H groups in total. The van der Waals surface area contributed by atoms with Crippen LogP contribution in [0, 0.1) is 11.7 Å². The maximum absolute atomic E-state index is 13.6. The minimum absolute atomic E-state index is 0.173. The quantitative estimate of drug-likeness (QED) is 0.920. The Balaban J connectivity index is 1.46. The van der Waals surface area contributed by atoms with Crippen LogP contribution in [0.25, 0.3) is 0 Å². The topological polar surface area (TPSA) is 58.1 Å². The number of nitrogens with one attached hydrogen (secondary N) is 1. The molecule has 1 aromatic rings. The number of halogens is 1. The van der Waals surface area contributed by atoms with Crippen LogP contribution in [-0.2, 0) is 4.79 Å². The summed E-state index contributed by atoms with van der Waals surface area (Å²) in [5.74, 6) is 0.568. The van der Waals surface area contributed by atoms with Crippen molar-refractivity contribution in [2.45, 2.75) is 44.6 Å². The molecule has 3 rings (SSSR count). The molecule has 2 aliphatic rings. The van der Waals surface area contributed by atoms with Gasteiger partial charge in [-0.25, -0.2) is 14.4 Å². The average molecular weight is 292 g/mol. The minimum Gasteiger partial charge on any atom is -0.354 e. The summed E-state index contributed by atoms with van der Waals surface area (Å²) in [7, 11) is 0. The first-order chi connectivity index (χ1) is 10.2. The molecule has 0 atom stereocenters. The SMILES string of the molecule is O=C(CC1CCN(c2ncncc2F)CC1)NC1CCC1. The van der Waals surface area contributed by atoms with Gasteiger partial charge in [-0.1, -0.05) is 0 Å². The Labute approximate surface area is 124 Å². The summed E-state index contributed by atoms with van der Waals surface area (Å²) in [6, 6.07) is 0.410. The highest BCUT2D eigenvalue weighted by atomic mass is 19.1. The molecule has 1 saturated heterocycles. The van der Waals surface area contributed by atoms with E-state index in [1.807, 2.05) is 4.90 Å². The van der Waals surface area contributed by atoms with Gasteiger partial charge in [0.2, 0.25) is 5.91 Å². The first-order valence-corrected chi connectivity index (χ1v) is 7.72. The molecule has 2 fully saturated rings. The van der Waals surface area contributed by atoms with Gasteiger partial charge in [-0.2, -0.15) is 0 Å². The van der Waals surface area contributed by atoms with Crippen molar-refractivity contribution in [3.8, 4) is 0 Å². The summed E-state index contributed by atoms with van der Waals surface area (Å²) in [5.41, 5.74) is 0. The lowest BCUT2D eigenvalue weighted by Gasteiger charge is -2.33. The van der Waals surface area contributed by atoms with Gasteiger partial charge in [-0.15, -0.1) is 0 Å². The van der Waals surface area contributed by atoms with Crippen LogP contribution in [0.4, 0.5) is 10.2 Å². The highest BCUT2D eigenvalue weighted by molar-refractivity contribution is 5.76. The van der Waals surface area contributed by atoms with Crippen LogP contribution < -0.4 is 10.2 Å². The van der Waals surface area contributed by atoms with Gasteiger partial charge in [-0.05, 0) is 38.0 Å². The zero-order chi connectivity index (χ0) is 14.7. The molecule has 114 valence electrons. The minimum atomic E-state index is -0.376. The number of piperidine rings is 1. The third kappa shape index (κ3) is 3.49. The van der Waals surface area contributed by atoms with E-state index in [2.05, 4.69) is 15.3 Å². The molecule has 2 heterocycles. The first kappa shape index (κ1) is 14.2. The largest absolute Gasteiger partial charge is 0.354 e. The Morgan fingerprint density at radius 2 is 2.10 bits per heavy atom. The van der Waals surface area contributed by atoms with Gasteiger partial charge in [-0.3, -0.25) is 4.79 Å². The smallest absolute Gasteiger partial charge is 0.220 e. The van der Waals surface area contributed by atoms with Crippen molar-refractivity contribution < 1.29 is 9.18 Å². The molecule has 0 radical (unpaired) electrons. The van der Waals surface area contributed by atoms with E-state index >= 15 is 0 Å². The van der Waals surface area contributed by atoms with E-state index in [1.165, 1.54) is 18.9 Å². The third-order valence-corrected chi connectivity index (χ3v) is 4.51. The maximum Gasteiger partial charge on any atom is 0.220 e. The highest BCUT2D eigenvalue weighted by Gasteiger charge is 2.25. The van der Waals surface area contributed by atoms with Crippen LogP contribution in [0.2, 0.25) is 0 Å². The lowest BCUT2D eigenvalue weighted by molar-refractivity contribution is -0.123. The number of hydrogen-bond acceptors (Lipinski definition) is 4. The molecular weight excluding hydrogens is 271 g/mol. The lowest BCUT2D eigenvalue weighted by Crippen LogP contribution is -2.41. The van der Waals surface area contributed by atoms with E-state index < -0.39 is 0 Å². The Morgan fingerprint density at radius 1 is 1.33 bits per heavy atom. The van der Waals surface area contributed by atoms with Crippen LogP contribution in [0.3, 0.4) is 0 Å². The fourth-order valence-corrected chi connectivity index (χ4v) is 2.99. The van der Waals surface area contributed by atoms with Gasteiger partial charge in [0.05, 0.1) is 6.20 Å². The third-order valence-electron chi connectivity index (χ3n) is 4.51. The summed E-state index contributed by atoms with van der Waals surface area (Å²) >= 11 is 0. The second kappa shape index (κ2) is 6.37. The standard InChI is InChI=1S/C15H21FN4O/c16-13-9-17-10-18-15(13)20-6-4-11(5-7-20)8-14(21)19-12-2-1-3-12/h9-12H,1-8H2,(H,19,21). The summed E-state index contributed by atoms with van der Waals surface area (Å²) in [6.07, 6.45) is 8.44. The van der Waals surface area contributed by atoms with Crippen molar-refractivity contribution in [1.82, 2.24) is 15.3 Å². The predicted molar refractivity (Wildman–Crippen MR) is 77.3 cm³/mol. The number of anilines is 1. The Bertz CT molecular complexity index is 498. The van der Waals surface area contributed by atoms with E-state index in [-0.39, 0.29) is 11.7 Å². The first-order valence-electron chi connectivity index (χ1n) is 7.72. The lowest BCUT2D eigenvalue weighted by atomic mass is 9.90. The molecule has 0 unspecified atom stereocenters. The highest BCUT2D eigenvalue weighted by Crippen LogP contribution is 2.25. The van der Waals surface area contributed by atoms with E-state index in [0.29, 0.717) is 24.2 Å². The summed E-state index contributed by atoms with van der Waals surface area (Å²) in [4.78, 5) is 21.5. The van der Waals surface area contributed by atoms with Crippen molar-refractivity contribution in [2.24, 2.45) is 5.92 Å². The summed E-state index contributed by atoms with van der Waals surface area (Å²) in [5, 5.41) is 3.08. The summed E-state index contributed by atoms with van der Waals surface area (Å²) in [6.45, 7) is 1.49. The number of nitrogens with zero attached hydrogens (tertiary/aromatic N) is 3. The molecule has 0 aromatic carbocycles. The van der Waals surface area contributed by atoms with E-state index in [1.54, 1.807) is 0 Å². The van der Waals surface area contributed by atoms with Crippen LogP contribution >= 0.6 is 0 Å². The molecule has 1 aromatic heterocycles. The monoisotopic (exact) mass is 292 g/mol. The van der Waals surface area contributed by atoms with E-state index in [0.717, 1.165) is 38.8 Å². The van der Waals surface area contributed by atoms with Gasteiger partial charge in [0, 0.05) is 25.6 Å². The van der Waals surface area contributed by atoms with Crippen molar-refractivity contribution in [3.05, 3.63) is 18.3 Å². The fourth-order valence-electron chi connectivity index (χ4n) is 2.99. The van der Waals surface area contributed by atoms with E-state index in [9.17, 15) is 9.18 Å². The molecule has 0 spiro atoms. The molecule has 0 bridgehead atoms. The van der Waals surface area contributed by atoms with E-state index in [4.69, 9.17) is 0 Å². The second-order valence-corrected chi connectivity index (χ2v) is 6.02. The molecule has 1 aliphatic carbocycles. The number of amides is 1. The number of aromatic nitrogens is 2. The van der Waals surface area contributed by atoms with Crippen molar-refractivity contribution in [2.75, 3.05) is 18.0 Å². The Kier molecular flexibility index (Phi) is 4.31. The van der Waals surface area contributed by atoms with Crippen LogP contribution in [0.15, 0.2) is 12.5 Å². The molecule has 6 heteroatoms. The fraction of sp³-hybridized carbons (Fsp3) is 0.667. The van der Waals surface area contributed by atoms with Crippen LogP contribution in [0.5, 0.6) is 0 Å². The van der Waals surface area contributed by atoms with Crippen LogP contribution in [0.1, 0.15) is 38.5 Å². The molecule has 1 amide bonds. The number of hydrogen-bond donors (Lipinski definition) is 1. The normalized spacial score (nSPS) is 20.1. The summed E-state index contributed by atoms with van der Waals surface area (Å²) < 4.78 is 13.6. The van der Waals surface area contributed by atoms with Crippen molar-refractivity contribution in [1.29, 1.82) is 0 Å².